The van der Waals surface area contributed by atoms with E-state index in [9.17, 15) is 5.11 Å². The number of aromatic nitrogens is 1. The van der Waals surface area contributed by atoms with Gasteiger partial charge in [-0.15, -0.1) is 0 Å². The molecule has 2 aliphatic heterocycles. The molecule has 1 aromatic heterocycles. The molecule has 0 radical (unpaired) electrons. The van der Waals surface area contributed by atoms with Crippen LogP contribution in [0, 0.1) is 26.7 Å². The van der Waals surface area contributed by atoms with E-state index in [1.165, 1.54) is 22.3 Å². The van der Waals surface area contributed by atoms with Crippen LogP contribution in [0.15, 0.2) is 22.7 Å². The Morgan fingerprint density at radius 3 is 2.27 bits per heavy atom. The summed E-state index contributed by atoms with van der Waals surface area (Å²) >= 11 is 0. The van der Waals surface area contributed by atoms with E-state index in [-0.39, 0.29) is 12.0 Å². The Hall–Kier alpha value is -1.73. The summed E-state index contributed by atoms with van der Waals surface area (Å²) in [5, 5.41) is 14.6. The van der Waals surface area contributed by atoms with E-state index in [1.807, 2.05) is 13.0 Å². The lowest BCUT2D eigenvalue weighted by Gasteiger charge is -2.33. The second-order valence-corrected chi connectivity index (χ2v) is 9.45. The Balaban J connectivity index is 1.41. The standard InChI is InChI=1S/C24H36N4O2/c1-17-9-20(13-27-7-5-26(4)6-8-27)19(3)21(10-17)14-28-15-22(24(29)16-28)12-23-11-18(2)25-30-23/h9-11,22,24,29H,5-8,12-16H2,1-4H3/t22-,24+/m1/s1. The first-order valence-electron chi connectivity index (χ1n) is 11.2. The number of aliphatic hydroxyl groups is 1. The van der Waals surface area contributed by atoms with Crippen molar-refractivity contribution < 1.29 is 9.63 Å². The summed E-state index contributed by atoms with van der Waals surface area (Å²) in [6, 6.07) is 6.65. The van der Waals surface area contributed by atoms with E-state index < -0.39 is 0 Å². The van der Waals surface area contributed by atoms with Crippen LogP contribution in [-0.2, 0) is 19.5 Å². The van der Waals surface area contributed by atoms with E-state index >= 15 is 0 Å². The molecular formula is C24H36N4O2. The molecule has 1 N–H and O–H groups in total. The first kappa shape index (κ1) is 21.5. The van der Waals surface area contributed by atoms with Crippen LogP contribution in [0.1, 0.15) is 33.7 Å². The van der Waals surface area contributed by atoms with Crippen molar-refractivity contribution in [2.45, 2.75) is 46.4 Å². The van der Waals surface area contributed by atoms with E-state index in [1.54, 1.807) is 0 Å². The largest absolute Gasteiger partial charge is 0.391 e. The lowest BCUT2D eigenvalue weighted by atomic mass is 9.98. The lowest BCUT2D eigenvalue weighted by Crippen LogP contribution is -2.44. The SMILES string of the molecule is Cc1cc(CN2CCN(C)CC2)c(C)c(CN2C[C@@H](Cc3cc(C)no3)[C@@H](O)C2)c1. The summed E-state index contributed by atoms with van der Waals surface area (Å²) in [6.45, 7) is 14.5. The monoisotopic (exact) mass is 412 g/mol. The summed E-state index contributed by atoms with van der Waals surface area (Å²) in [5.41, 5.74) is 6.47. The third-order valence-electron chi connectivity index (χ3n) is 6.77. The molecule has 3 heterocycles. The number of likely N-dealkylation sites (tertiary alicyclic amines) is 1. The van der Waals surface area contributed by atoms with Crippen molar-refractivity contribution in [3.8, 4) is 0 Å². The quantitative estimate of drug-likeness (QED) is 0.786. The minimum Gasteiger partial charge on any atom is -0.391 e. The van der Waals surface area contributed by atoms with Gasteiger partial charge in [-0.1, -0.05) is 22.9 Å². The minimum atomic E-state index is -0.315. The molecule has 1 aromatic carbocycles. The molecule has 0 spiro atoms. The van der Waals surface area contributed by atoms with Gasteiger partial charge in [0.05, 0.1) is 11.8 Å². The number of nitrogens with zero attached hydrogens (tertiary/aromatic N) is 4. The lowest BCUT2D eigenvalue weighted by molar-refractivity contribution is 0.137. The normalized spacial score (nSPS) is 24.0. The number of benzene rings is 1. The van der Waals surface area contributed by atoms with Crippen LogP contribution in [0.2, 0.25) is 0 Å². The molecule has 2 saturated heterocycles. The fraction of sp³-hybridized carbons (Fsp3) is 0.625. The molecule has 6 heteroatoms. The van der Waals surface area contributed by atoms with Crippen molar-refractivity contribution in [2.24, 2.45) is 5.92 Å². The molecule has 4 rings (SSSR count). The molecule has 0 unspecified atom stereocenters. The zero-order valence-electron chi connectivity index (χ0n) is 18.9. The van der Waals surface area contributed by atoms with Crippen LogP contribution in [-0.4, -0.2) is 77.4 Å². The van der Waals surface area contributed by atoms with Crippen LogP contribution in [0.5, 0.6) is 0 Å². The average molecular weight is 413 g/mol. The van der Waals surface area contributed by atoms with E-state index in [0.29, 0.717) is 0 Å². The Bertz CT molecular complexity index is 857. The maximum Gasteiger partial charge on any atom is 0.137 e. The van der Waals surface area contributed by atoms with Crippen molar-refractivity contribution in [1.82, 2.24) is 19.9 Å². The highest BCUT2D eigenvalue weighted by atomic mass is 16.5. The van der Waals surface area contributed by atoms with Gasteiger partial charge in [-0.3, -0.25) is 9.80 Å². The molecule has 0 saturated carbocycles. The van der Waals surface area contributed by atoms with Crippen LogP contribution in [0.3, 0.4) is 0 Å². The number of aryl methyl sites for hydroxylation is 2. The highest BCUT2D eigenvalue weighted by Crippen LogP contribution is 2.26. The van der Waals surface area contributed by atoms with Crippen LogP contribution >= 0.6 is 0 Å². The molecule has 164 valence electrons. The summed E-state index contributed by atoms with van der Waals surface area (Å²) in [5.74, 6) is 1.08. The van der Waals surface area contributed by atoms with Crippen molar-refractivity contribution >= 4 is 0 Å². The van der Waals surface area contributed by atoms with E-state index in [4.69, 9.17) is 4.52 Å². The second kappa shape index (κ2) is 9.18. The van der Waals surface area contributed by atoms with Crippen LogP contribution in [0.4, 0.5) is 0 Å². The highest BCUT2D eigenvalue weighted by Gasteiger charge is 2.32. The Morgan fingerprint density at radius 2 is 1.63 bits per heavy atom. The topological polar surface area (TPSA) is 56.0 Å². The third-order valence-corrected chi connectivity index (χ3v) is 6.77. The molecule has 0 aliphatic carbocycles. The molecule has 2 fully saturated rings. The molecule has 2 aliphatic rings. The number of piperazine rings is 1. The predicted molar refractivity (Wildman–Crippen MR) is 118 cm³/mol. The number of β-amino-alcohol motifs (C(OH)–C–C–N with tert-alkyl or cyclic N) is 1. The summed E-state index contributed by atoms with van der Waals surface area (Å²) in [7, 11) is 2.20. The van der Waals surface area contributed by atoms with Crippen molar-refractivity contribution in [3.63, 3.8) is 0 Å². The fourth-order valence-electron chi connectivity index (χ4n) is 4.87. The minimum absolute atomic E-state index is 0.201. The average Bonchev–Trinajstić information content (AvgIpc) is 3.26. The van der Waals surface area contributed by atoms with Crippen LogP contribution in [0.25, 0.3) is 0 Å². The van der Waals surface area contributed by atoms with Gasteiger partial charge >= 0.3 is 0 Å². The predicted octanol–water partition coefficient (Wildman–Crippen LogP) is 2.38. The molecule has 2 aromatic rings. The first-order valence-corrected chi connectivity index (χ1v) is 11.2. The second-order valence-electron chi connectivity index (χ2n) is 9.45. The van der Waals surface area contributed by atoms with Gasteiger partial charge in [0.2, 0.25) is 0 Å². The zero-order chi connectivity index (χ0) is 21.3. The maximum atomic E-state index is 10.6. The number of hydrogen-bond donors (Lipinski definition) is 1. The van der Waals surface area contributed by atoms with Crippen molar-refractivity contribution in [3.05, 3.63) is 51.9 Å². The van der Waals surface area contributed by atoms with Gasteiger partial charge in [-0.25, -0.2) is 0 Å². The maximum absolute atomic E-state index is 10.6. The van der Waals surface area contributed by atoms with Crippen molar-refractivity contribution in [2.75, 3.05) is 46.3 Å². The number of likely N-dealkylation sites (N-methyl/N-ethyl adjacent to an activating group) is 1. The van der Waals surface area contributed by atoms with Crippen molar-refractivity contribution in [1.29, 1.82) is 0 Å². The smallest absolute Gasteiger partial charge is 0.137 e. The van der Waals surface area contributed by atoms with Gasteiger partial charge in [0.15, 0.2) is 0 Å². The molecule has 2 atom stereocenters. The number of hydrogen-bond acceptors (Lipinski definition) is 6. The summed E-state index contributed by atoms with van der Waals surface area (Å²) in [4.78, 5) is 7.36. The number of aliphatic hydroxyl groups excluding tert-OH is 1. The summed E-state index contributed by atoms with van der Waals surface area (Å²) < 4.78 is 5.37. The molecule has 30 heavy (non-hydrogen) atoms. The Labute approximate surface area is 180 Å². The Morgan fingerprint density at radius 1 is 0.967 bits per heavy atom. The summed E-state index contributed by atoms with van der Waals surface area (Å²) in [6.07, 6.45) is 0.435. The van der Waals surface area contributed by atoms with Crippen LogP contribution < -0.4 is 0 Å². The first-order chi connectivity index (χ1) is 14.4. The molecule has 0 bridgehead atoms. The molecule has 0 amide bonds. The van der Waals surface area contributed by atoms with Gasteiger partial charge < -0.3 is 14.5 Å². The van der Waals surface area contributed by atoms with Gasteiger partial charge in [0, 0.05) is 70.8 Å². The third kappa shape index (κ3) is 5.11. The highest BCUT2D eigenvalue weighted by molar-refractivity contribution is 5.38. The molecular weight excluding hydrogens is 376 g/mol. The van der Waals surface area contributed by atoms with Gasteiger partial charge in [-0.2, -0.15) is 0 Å². The number of rotatable bonds is 6. The zero-order valence-corrected chi connectivity index (χ0v) is 18.9. The van der Waals surface area contributed by atoms with Gasteiger partial charge in [0.25, 0.3) is 0 Å². The van der Waals surface area contributed by atoms with Gasteiger partial charge in [-0.05, 0) is 44.5 Å². The van der Waals surface area contributed by atoms with E-state index in [0.717, 1.165) is 70.2 Å². The van der Waals surface area contributed by atoms with E-state index in [2.05, 4.69) is 52.9 Å². The Kier molecular flexibility index (Phi) is 6.58. The van der Waals surface area contributed by atoms with Gasteiger partial charge in [0.1, 0.15) is 5.76 Å². The molecule has 6 nitrogen and oxygen atoms in total. The fourth-order valence-corrected chi connectivity index (χ4v) is 4.87.